The van der Waals surface area contributed by atoms with Crippen LogP contribution < -0.4 is 5.73 Å². The summed E-state index contributed by atoms with van der Waals surface area (Å²) in [6.07, 6.45) is 1.87. The first-order valence-corrected chi connectivity index (χ1v) is 4.92. The van der Waals surface area contributed by atoms with Crippen molar-refractivity contribution in [1.29, 1.82) is 0 Å². The van der Waals surface area contributed by atoms with E-state index in [1.54, 1.807) is 4.68 Å². The molecule has 0 aliphatic carbocycles. The molecule has 78 valence electrons. The van der Waals surface area contributed by atoms with E-state index < -0.39 is 0 Å². The minimum atomic E-state index is -0.0808. The quantitative estimate of drug-likeness (QED) is 0.804. The van der Waals surface area contributed by atoms with E-state index in [0.29, 0.717) is 0 Å². The minimum absolute atomic E-state index is 0.0808. The SMILES string of the molecule is Cc1ccccc1-n1cc(C(C)N)nn1. The number of para-hydroxylation sites is 1. The second-order valence-electron chi connectivity index (χ2n) is 3.66. The number of hydrogen-bond acceptors (Lipinski definition) is 3. The van der Waals surface area contributed by atoms with Crippen molar-refractivity contribution < 1.29 is 0 Å². The fourth-order valence-corrected chi connectivity index (χ4v) is 1.42. The molecule has 0 spiro atoms. The Labute approximate surface area is 88.7 Å². The number of rotatable bonds is 2. The molecule has 0 amide bonds. The van der Waals surface area contributed by atoms with Gasteiger partial charge in [0.15, 0.2) is 0 Å². The fourth-order valence-electron chi connectivity index (χ4n) is 1.42. The van der Waals surface area contributed by atoms with Crippen molar-refractivity contribution in [2.24, 2.45) is 5.73 Å². The molecule has 1 unspecified atom stereocenters. The van der Waals surface area contributed by atoms with E-state index in [-0.39, 0.29) is 6.04 Å². The lowest BCUT2D eigenvalue weighted by Gasteiger charge is -2.03. The molecule has 0 aliphatic rings. The summed E-state index contributed by atoms with van der Waals surface area (Å²) in [5.74, 6) is 0. The molecule has 0 saturated heterocycles. The third-order valence-electron chi connectivity index (χ3n) is 2.34. The molecule has 0 aliphatic heterocycles. The van der Waals surface area contributed by atoms with Gasteiger partial charge in [-0.05, 0) is 25.5 Å². The molecule has 2 rings (SSSR count). The molecule has 0 bridgehead atoms. The standard InChI is InChI=1S/C11H14N4/c1-8-5-3-4-6-11(8)15-7-10(9(2)12)13-14-15/h3-7,9H,12H2,1-2H3. The maximum absolute atomic E-state index is 5.73. The lowest BCUT2D eigenvalue weighted by molar-refractivity contribution is 0.755. The first-order valence-electron chi connectivity index (χ1n) is 4.92. The van der Waals surface area contributed by atoms with E-state index in [9.17, 15) is 0 Å². The Bertz CT molecular complexity index is 459. The Morgan fingerprint density at radius 3 is 2.67 bits per heavy atom. The summed E-state index contributed by atoms with van der Waals surface area (Å²) in [5.41, 5.74) is 8.74. The van der Waals surface area contributed by atoms with Gasteiger partial charge in [0, 0.05) is 6.04 Å². The number of aromatic nitrogens is 3. The fraction of sp³-hybridized carbons (Fsp3) is 0.273. The molecular weight excluding hydrogens is 188 g/mol. The van der Waals surface area contributed by atoms with E-state index in [4.69, 9.17) is 5.73 Å². The number of aryl methyl sites for hydroxylation is 1. The summed E-state index contributed by atoms with van der Waals surface area (Å²) in [6, 6.07) is 7.96. The van der Waals surface area contributed by atoms with E-state index in [1.165, 1.54) is 5.56 Å². The third-order valence-corrected chi connectivity index (χ3v) is 2.34. The van der Waals surface area contributed by atoms with Crippen molar-refractivity contribution in [3.63, 3.8) is 0 Å². The zero-order chi connectivity index (χ0) is 10.8. The highest BCUT2D eigenvalue weighted by Crippen LogP contribution is 2.13. The Kier molecular flexibility index (Phi) is 2.51. The minimum Gasteiger partial charge on any atom is -0.323 e. The summed E-state index contributed by atoms with van der Waals surface area (Å²) < 4.78 is 1.76. The van der Waals surface area contributed by atoms with Gasteiger partial charge in [0.05, 0.1) is 17.6 Å². The molecule has 1 aromatic heterocycles. The van der Waals surface area contributed by atoms with Crippen molar-refractivity contribution in [2.75, 3.05) is 0 Å². The van der Waals surface area contributed by atoms with Crippen LogP contribution in [0.3, 0.4) is 0 Å². The number of nitrogens with two attached hydrogens (primary N) is 1. The van der Waals surface area contributed by atoms with Gasteiger partial charge in [-0.2, -0.15) is 0 Å². The van der Waals surface area contributed by atoms with Crippen LogP contribution in [0.4, 0.5) is 0 Å². The molecule has 4 nitrogen and oxygen atoms in total. The third kappa shape index (κ3) is 1.89. The highest BCUT2D eigenvalue weighted by molar-refractivity contribution is 5.39. The molecule has 1 atom stereocenters. The lowest BCUT2D eigenvalue weighted by Crippen LogP contribution is -2.04. The van der Waals surface area contributed by atoms with Crippen LogP contribution in [0, 0.1) is 6.92 Å². The van der Waals surface area contributed by atoms with Crippen molar-refractivity contribution in [1.82, 2.24) is 15.0 Å². The van der Waals surface area contributed by atoms with Crippen LogP contribution in [0.2, 0.25) is 0 Å². The van der Waals surface area contributed by atoms with Gasteiger partial charge in [0.25, 0.3) is 0 Å². The van der Waals surface area contributed by atoms with Gasteiger partial charge < -0.3 is 5.73 Å². The van der Waals surface area contributed by atoms with Gasteiger partial charge in [-0.1, -0.05) is 23.4 Å². The van der Waals surface area contributed by atoms with Crippen LogP contribution in [0.1, 0.15) is 24.2 Å². The highest BCUT2D eigenvalue weighted by Gasteiger charge is 2.07. The molecule has 1 heterocycles. The van der Waals surface area contributed by atoms with E-state index in [0.717, 1.165) is 11.4 Å². The Morgan fingerprint density at radius 2 is 2.07 bits per heavy atom. The molecule has 0 fully saturated rings. The maximum Gasteiger partial charge on any atom is 0.0995 e. The van der Waals surface area contributed by atoms with Crippen LogP contribution in [0.15, 0.2) is 30.5 Å². The molecule has 4 heteroatoms. The molecule has 0 radical (unpaired) electrons. The van der Waals surface area contributed by atoms with Crippen molar-refractivity contribution >= 4 is 0 Å². The summed E-state index contributed by atoms with van der Waals surface area (Å²) >= 11 is 0. The van der Waals surface area contributed by atoms with Crippen LogP contribution in [-0.2, 0) is 0 Å². The Hall–Kier alpha value is -1.68. The molecule has 2 aromatic rings. The normalized spacial score (nSPS) is 12.7. The van der Waals surface area contributed by atoms with E-state index >= 15 is 0 Å². The Balaban J connectivity index is 2.42. The van der Waals surface area contributed by atoms with Gasteiger partial charge in [-0.25, -0.2) is 4.68 Å². The zero-order valence-electron chi connectivity index (χ0n) is 8.88. The van der Waals surface area contributed by atoms with Crippen LogP contribution in [-0.4, -0.2) is 15.0 Å². The first kappa shape index (κ1) is 9.86. The second kappa shape index (κ2) is 3.82. The lowest BCUT2D eigenvalue weighted by atomic mass is 10.2. The highest BCUT2D eigenvalue weighted by atomic mass is 15.4. The summed E-state index contributed by atoms with van der Waals surface area (Å²) in [4.78, 5) is 0. The van der Waals surface area contributed by atoms with Crippen molar-refractivity contribution in [3.05, 3.63) is 41.7 Å². The number of benzene rings is 1. The van der Waals surface area contributed by atoms with Gasteiger partial charge in [-0.3, -0.25) is 0 Å². The topological polar surface area (TPSA) is 56.7 Å². The molecule has 2 N–H and O–H groups in total. The monoisotopic (exact) mass is 202 g/mol. The summed E-state index contributed by atoms with van der Waals surface area (Å²) in [7, 11) is 0. The zero-order valence-corrected chi connectivity index (χ0v) is 8.88. The predicted octanol–water partition coefficient (Wildman–Crippen LogP) is 1.60. The van der Waals surface area contributed by atoms with Gasteiger partial charge in [0.2, 0.25) is 0 Å². The summed E-state index contributed by atoms with van der Waals surface area (Å²) in [6.45, 7) is 3.94. The largest absolute Gasteiger partial charge is 0.323 e. The predicted molar refractivity (Wildman–Crippen MR) is 58.7 cm³/mol. The number of hydrogen-bond donors (Lipinski definition) is 1. The van der Waals surface area contributed by atoms with Gasteiger partial charge >= 0.3 is 0 Å². The van der Waals surface area contributed by atoms with Crippen LogP contribution in [0.25, 0.3) is 5.69 Å². The smallest absolute Gasteiger partial charge is 0.0995 e. The van der Waals surface area contributed by atoms with Crippen molar-refractivity contribution in [2.45, 2.75) is 19.9 Å². The average molecular weight is 202 g/mol. The Morgan fingerprint density at radius 1 is 1.33 bits per heavy atom. The van der Waals surface area contributed by atoms with Crippen LogP contribution >= 0.6 is 0 Å². The van der Waals surface area contributed by atoms with Crippen molar-refractivity contribution in [3.8, 4) is 5.69 Å². The van der Waals surface area contributed by atoms with Gasteiger partial charge in [-0.15, -0.1) is 5.10 Å². The summed E-state index contributed by atoms with van der Waals surface area (Å²) in [5, 5.41) is 8.08. The van der Waals surface area contributed by atoms with Gasteiger partial charge in [0.1, 0.15) is 0 Å². The molecule has 0 saturated carbocycles. The first-order chi connectivity index (χ1) is 7.18. The number of nitrogens with zero attached hydrogens (tertiary/aromatic N) is 3. The van der Waals surface area contributed by atoms with E-state index in [2.05, 4.69) is 10.3 Å². The van der Waals surface area contributed by atoms with E-state index in [1.807, 2.05) is 44.3 Å². The van der Waals surface area contributed by atoms with Crippen LogP contribution in [0.5, 0.6) is 0 Å². The second-order valence-corrected chi connectivity index (χ2v) is 3.66. The molecule has 15 heavy (non-hydrogen) atoms. The molecular formula is C11H14N4. The maximum atomic E-state index is 5.73. The molecule has 1 aromatic carbocycles. The average Bonchev–Trinajstić information content (AvgIpc) is 2.67.